The number of hydrogen-bond donors (Lipinski definition) is 0. The van der Waals surface area contributed by atoms with E-state index >= 15 is 0 Å². The van der Waals surface area contributed by atoms with Gasteiger partial charge in [0.2, 0.25) is 0 Å². The van der Waals surface area contributed by atoms with Crippen LogP contribution in [0.1, 0.15) is 29.3 Å². The first-order valence-electron chi connectivity index (χ1n) is 8.52. The molecule has 0 fully saturated rings. The smallest absolute Gasteiger partial charge is 0.192 e. The highest BCUT2D eigenvalue weighted by molar-refractivity contribution is 7.98. The molecule has 0 unspecified atom stereocenters. The van der Waals surface area contributed by atoms with E-state index in [1.807, 2.05) is 6.08 Å². The lowest BCUT2D eigenvalue weighted by molar-refractivity contribution is 0.731. The Morgan fingerprint density at radius 2 is 2.12 bits per heavy atom. The fourth-order valence-electron chi connectivity index (χ4n) is 2.69. The molecule has 0 atom stereocenters. The molecular weight excluding hydrogens is 346 g/mol. The van der Waals surface area contributed by atoms with Crippen LogP contribution in [0.15, 0.2) is 53.5 Å². The minimum absolute atomic E-state index is 0.720. The molecule has 5 heteroatoms. The predicted octanol–water partition coefficient (Wildman–Crippen LogP) is 5.75. The van der Waals surface area contributed by atoms with Crippen molar-refractivity contribution in [1.29, 1.82) is 0 Å². The van der Waals surface area contributed by atoms with E-state index in [4.69, 9.17) is 0 Å². The van der Waals surface area contributed by atoms with E-state index in [1.54, 1.807) is 23.1 Å². The second-order valence-electron chi connectivity index (χ2n) is 5.97. The topological polar surface area (TPSA) is 30.7 Å². The number of hydrogen-bond acceptors (Lipinski definition) is 4. The lowest BCUT2D eigenvalue weighted by atomic mass is 10.1. The molecule has 3 rings (SSSR count). The third-order valence-electron chi connectivity index (χ3n) is 4.05. The van der Waals surface area contributed by atoms with E-state index in [2.05, 4.69) is 70.9 Å². The van der Waals surface area contributed by atoms with Gasteiger partial charge in [0.1, 0.15) is 0 Å². The van der Waals surface area contributed by atoms with Gasteiger partial charge in [-0.15, -0.1) is 28.1 Å². The quantitative estimate of drug-likeness (QED) is 0.374. The first kappa shape index (κ1) is 18.0. The molecule has 0 N–H and O–H groups in total. The van der Waals surface area contributed by atoms with Crippen molar-refractivity contribution in [2.45, 2.75) is 44.1 Å². The number of thioether (sulfide) groups is 1. The maximum Gasteiger partial charge on any atom is 0.192 e. The number of thiophene rings is 1. The predicted molar refractivity (Wildman–Crippen MR) is 108 cm³/mol. The summed E-state index contributed by atoms with van der Waals surface area (Å²) < 4.78 is 2.16. The van der Waals surface area contributed by atoms with Crippen LogP contribution in [0.5, 0.6) is 0 Å². The van der Waals surface area contributed by atoms with E-state index in [9.17, 15) is 0 Å². The van der Waals surface area contributed by atoms with E-state index in [1.165, 1.54) is 16.0 Å². The van der Waals surface area contributed by atoms with Crippen molar-refractivity contribution in [3.05, 3.63) is 64.4 Å². The number of benzene rings is 1. The van der Waals surface area contributed by atoms with E-state index in [0.29, 0.717) is 0 Å². The van der Waals surface area contributed by atoms with Crippen LogP contribution in [-0.4, -0.2) is 14.8 Å². The zero-order valence-corrected chi connectivity index (χ0v) is 16.4. The van der Waals surface area contributed by atoms with Crippen molar-refractivity contribution in [1.82, 2.24) is 14.8 Å². The van der Waals surface area contributed by atoms with Crippen molar-refractivity contribution >= 4 is 23.1 Å². The summed E-state index contributed by atoms with van der Waals surface area (Å²) in [6.45, 7) is 8.97. The van der Waals surface area contributed by atoms with Gasteiger partial charge in [-0.1, -0.05) is 55.4 Å². The van der Waals surface area contributed by atoms with Gasteiger partial charge in [0, 0.05) is 28.1 Å². The van der Waals surface area contributed by atoms with E-state index in [-0.39, 0.29) is 0 Å². The number of aryl methyl sites for hydroxylation is 2. The average molecular weight is 370 g/mol. The van der Waals surface area contributed by atoms with Crippen LogP contribution in [0.4, 0.5) is 0 Å². The Balaban J connectivity index is 1.83. The van der Waals surface area contributed by atoms with Gasteiger partial charge in [0.05, 0.1) is 0 Å². The molecule has 2 aromatic heterocycles. The molecule has 0 bridgehead atoms. The summed E-state index contributed by atoms with van der Waals surface area (Å²) >= 11 is 3.54. The summed E-state index contributed by atoms with van der Waals surface area (Å²) in [5, 5.41) is 12.0. The molecule has 0 amide bonds. The summed E-state index contributed by atoms with van der Waals surface area (Å²) in [7, 11) is 0. The van der Waals surface area contributed by atoms with Gasteiger partial charge in [-0.05, 0) is 30.5 Å². The van der Waals surface area contributed by atoms with Crippen LogP contribution >= 0.6 is 23.1 Å². The highest BCUT2D eigenvalue weighted by Gasteiger charge is 2.15. The maximum atomic E-state index is 4.46. The average Bonchev–Trinajstić information content (AvgIpc) is 3.22. The lowest BCUT2D eigenvalue weighted by Gasteiger charge is -2.08. The van der Waals surface area contributed by atoms with Gasteiger partial charge in [0.25, 0.3) is 0 Å². The van der Waals surface area contributed by atoms with Crippen molar-refractivity contribution in [3.8, 4) is 11.4 Å². The summed E-state index contributed by atoms with van der Waals surface area (Å²) in [6.07, 6.45) is 4.19. The Kier molecular flexibility index (Phi) is 6.10. The van der Waals surface area contributed by atoms with Crippen molar-refractivity contribution in [2.24, 2.45) is 0 Å². The summed E-state index contributed by atoms with van der Waals surface area (Å²) in [5.41, 5.74) is 3.81. The fraction of sp³-hybridized carbons (Fsp3) is 0.300. The van der Waals surface area contributed by atoms with Crippen molar-refractivity contribution in [2.75, 3.05) is 0 Å². The van der Waals surface area contributed by atoms with Gasteiger partial charge >= 0.3 is 0 Å². The standard InChI is InChI=1S/C20H23N3S2/c1-4-8-18-12-17(14-24-18)19-21-22-20(23(19)11-5-2)25-13-16-10-7-6-9-15(16)3/h5-7,9-10,12,14H,2,4,8,11,13H2,1,3H3. The molecule has 3 nitrogen and oxygen atoms in total. The van der Waals surface area contributed by atoms with Crippen LogP contribution in [-0.2, 0) is 18.7 Å². The molecule has 0 saturated carbocycles. The molecule has 0 aliphatic rings. The minimum atomic E-state index is 0.720. The van der Waals surface area contributed by atoms with Crippen molar-refractivity contribution < 1.29 is 0 Å². The fourth-order valence-corrected chi connectivity index (χ4v) is 4.69. The van der Waals surface area contributed by atoms with Gasteiger partial charge in [-0.25, -0.2) is 0 Å². The second kappa shape index (κ2) is 8.50. The monoisotopic (exact) mass is 369 g/mol. The summed E-state index contributed by atoms with van der Waals surface area (Å²) in [6, 6.07) is 10.7. The first-order valence-corrected chi connectivity index (χ1v) is 10.4. The van der Waals surface area contributed by atoms with Crippen LogP contribution in [0.25, 0.3) is 11.4 Å². The zero-order chi connectivity index (χ0) is 17.6. The number of nitrogens with zero attached hydrogens (tertiary/aromatic N) is 3. The third kappa shape index (κ3) is 4.22. The van der Waals surface area contributed by atoms with Crippen LogP contribution in [0.3, 0.4) is 0 Å². The molecule has 3 aromatic rings. The molecule has 130 valence electrons. The molecule has 1 aromatic carbocycles. The lowest BCUT2D eigenvalue weighted by Crippen LogP contribution is -2.00. The third-order valence-corrected chi connectivity index (χ3v) is 6.07. The normalized spacial score (nSPS) is 11.0. The largest absolute Gasteiger partial charge is 0.298 e. The van der Waals surface area contributed by atoms with Gasteiger partial charge in [0.15, 0.2) is 11.0 Å². The highest BCUT2D eigenvalue weighted by Crippen LogP contribution is 2.30. The number of aromatic nitrogens is 3. The number of rotatable bonds is 8. The van der Waals surface area contributed by atoms with Gasteiger partial charge < -0.3 is 0 Å². The number of allylic oxidation sites excluding steroid dienone is 1. The molecule has 0 saturated heterocycles. The molecule has 0 spiro atoms. The van der Waals surface area contributed by atoms with Crippen molar-refractivity contribution in [3.63, 3.8) is 0 Å². The SMILES string of the molecule is C=CCn1c(SCc2ccccc2C)nnc1-c1csc(CCC)c1. The molecule has 25 heavy (non-hydrogen) atoms. The Morgan fingerprint density at radius 1 is 1.28 bits per heavy atom. The molecule has 0 aliphatic heterocycles. The minimum Gasteiger partial charge on any atom is -0.298 e. The first-order chi connectivity index (χ1) is 12.2. The van der Waals surface area contributed by atoms with E-state index < -0.39 is 0 Å². The Bertz CT molecular complexity index is 848. The van der Waals surface area contributed by atoms with Crippen LogP contribution in [0.2, 0.25) is 0 Å². The zero-order valence-electron chi connectivity index (χ0n) is 14.7. The van der Waals surface area contributed by atoms with Gasteiger partial charge in [-0.3, -0.25) is 4.57 Å². The maximum absolute atomic E-state index is 4.46. The van der Waals surface area contributed by atoms with E-state index in [0.717, 1.165) is 41.7 Å². The second-order valence-corrected chi connectivity index (χ2v) is 7.91. The Morgan fingerprint density at radius 3 is 2.88 bits per heavy atom. The summed E-state index contributed by atoms with van der Waals surface area (Å²) in [5.74, 6) is 1.83. The Hall–Kier alpha value is -1.85. The Labute approximate surface area is 157 Å². The molecular formula is C20H23N3S2. The van der Waals surface area contributed by atoms with Crippen LogP contribution in [0, 0.1) is 6.92 Å². The molecule has 0 radical (unpaired) electrons. The molecule has 2 heterocycles. The van der Waals surface area contributed by atoms with Gasteiger partial charge in [-0.2, -0.15) is 0 Å². The highest BCUT2D eigenvalue weighted by atomic mass is 32.2. The summed E-state index contributed by atoms with van der Waals surface area (Å²) in [4.78, 5) is 1.40. The molecule has 0 aliphatic carbocycles. The van der Waals surface area contributed by atoms with Crippen LogP contribution < -0.4 is 0 Å².